The number of aliphatic hydroxyl groups excluding tert-OH is 1. The van der Waals surface area contributed by atoms with E-state index >= 15 is 0 Å². The Balaban J connectivity index is 1.80. The maximum Gasteiger partial charge on any atom is 0.321 e. The number of aliphatic hydroxyl groups is 1. The van der Waals surface area contributed by atoms with Crippen LogP contribution >= 0.6 is 11.3 Å². The molecule has 0 aliphatic heterocycles. The molecular formula is C14H24N4O2S. The van der Waals surface area contributed by atoms with Gasteiger partial charge in [-0.25, -0.2) is 4.79 Å². The van der Waals surface area contributed by atoms with Gasteiger partial charge in [-0.1, -0.05) is 30.6 Å². The second-order valence-electron chi connectivity index (χ2n) is 5.65. The summed E-state index contributed by atoms with van der Waals surface area (Å²) in [5.41, 5.74) is 0. The molecule has 0 spiro atoms. The van der Waals surface area contributed by atoms with Gasteiger partial charge in [0.2, 0.25) is 5.13 Å². The van der Waals surface area contributed by atoms with Gasteiger partial charge in [0.05, 0.1) is 0 Å². The van der Waals surface area contributed by atoms with Gasteiger partial charge in [-0.05, 0) is 32.6 Å². The number of aromatic nitrogens is 2. The van der Waals surface area contributed by atoms with Crippen LogP contribution in [0.1, 0.15) is 62.8 Å². The van der Waals surface area contributed by atoms with Crippen molar-refractivity contribution in [1.29, 1.82) is 0 Å². The highest BCUT2D eigenvalue weighted by Gasteiger charge is 2.20. The van der Waals surface area contributed by atoms with E-state index in [0.29, 0.717) is 17.5 Å². The van der Waals surface area contributed by atoms with Crippen LogP contribution in [-0.2, 0) is 0 Å². The summed E-state index contributed by atoms with van der Waals surface area (Å²) >= 11 is 1.48. The first kappa shape index (κ1) is 16.2. The number of anilines is 1. The summed E-state index contributed by atoms with van der Waals surface area (Å²) in [6, 6.07) is -0.227. The first-order valence-corrected chi connectivity index (χ1v) is 8.52. The number of carbonyl (C=O) groups excluding carboxylic acids is 1. The minimum atomic E-state index is -0.258. The lowest BCUT2D eigenvalue weighted by Gasteiger charge is -2.18. The van der Waals surface area contributed by atoms with E-state index in [-0.39, 0.29) is 18.7 Å². The Labute approximate surface area is 129 Å². The van der Waals surface area contributed by atoms with Crippen LogP contribution in [0.15, 0.2) is 0 Å². The van der Waals surface area contributed by atoms with Crippen molar-refractivity contribution in [1.82, 2.24) is 15.5 Å². The molecule has 0 saturated heterocycles. The summed E-state index contributed by atoms with van der Waals surface area (Å²) in [6.45, 7) is 2.07. The monoisotopic (exact) mass is 312 g/mol. The van der Waals surface area contributed by atoms with Crippen LogP contribution in [0.4, 0.5) is 9.93 Å². The number of nitrogens with zero attached hydrogens (tertiary/aromatic N) is 2. The van der Waals surface area contributed by atoms with Gasteiger partial charge in [-0.3, -0.25) is 5.32 Å². The molecule has 1 aliphatic rings. The van der Waals surface area contributed by atoms with E-state index in [4.69, 9.17) is 5.11 Å². The highest BCUT2D eigenvalue weighted by Crippen LogP contribution is 2.35. The Morgan fingerprint density at radius 2 is 2.14 bits per heavy atom. The van der Waals surface area contributed by atoms with Gasteiger partial charge in [0.25, 0.3) is 0 Å². The molecule has 1 aromatic rings. The normalized spacial score (nSPS) is 17.4. The average molecular weight is 312 g/mol. The zero-order valence-corrected chi connectivity index (χ0v) is 13.3. The lowest BCUT2D eigenvalue weighted by Crippen LogP contribution is -2.36. The van der Waals surface area contributed by atoms with Crippen molar-refractivity contribution in [2.45, 2.75) is 63.8 Å². The fourth-order valence-corrected chi connectivity index (χ4v) is 3.53. The molecule has 1 aromatic heterocycles. The number of urea groups is 1. The van der Waals surface area contributed by atoms with Crippen molar-refractivity contribution in [2.24, 2.45) is 0 Å². The zero-order chi connectivity index (χ0) is 15.1. The summed E-state index contributed by atoms with van der Waals surface area (Å²) in [5.74, 6) is 0.512. The van der Waals surface area contributed by atoms with Crippen molar-refractivity contribution < 1.29 is 9.90 Å². The minimum Gasteiger partial charge on any atom is -0.396 e. The molecule has 0 bridgehead atoms. The molecule has 3 N–H and O–H groups in total. The van der Waals surface area contributed by atoms with Crippen LogP contribution in [-0.4, -0.2) is 34.0 Å². The quantitative estimate of drug-likeness (QED) is 0.754. The summed E-state index contributed by atoms with van der Waals surface area (Å²) in [6.07, 6.45) is 7.64. The smallest absolute Gasteiger partial charge is 0.321 e. The third kappa shape index (κ3) is 5.24. The molecule has 0 unspecified atom stereocenters. The van der Waals surface area contributed by atoms with E-state index in [0.717, 1.165) is 11.4 Å². The first-order chi connectivity index (χ1) is 10.2. The third-order valence-corrected chi connectivity index (χ3v) is 4.79. The van der Waals surface area contributed by atoms with Crippen LogP contribution in [0, 0.1) is 0 Å². The highest BCUT2D eigenvalue weighted by molar-refractivity contribution is 7.15. The Morgan fingerprint density at radius 1 is 1.38 bits per heavy atom. The molecule has 1 saturated carbocycles. The van der Waals surface area contributed by atoms with E-state index < -0.39 is 0 Å². The Morgan fingerprint density at radius 3 is 2.86 bits per heavy atom. The van der Waals surface area contributed by atoms with Crippen LogP contribution in [0.25, 0.3) is 0 Å². The number of rotatable bonds is 6. The number of nitrogens with one attached hydrogen (secondary N) is 2. The van der Waals surface area contributed by atoms with Gasteiger partial charge in [-0.15, -0.1) is 10.2 Å². The zero-order valence-electron chi connectivity index (χ0n) is 12.5. The third-order valence-electron chi connectivity index (χ3n) is 3.79. The number of amides is 2. The Kier molecular flexibility index (Phi) is 6.38. The molecule has 118 valence electrons. The summed E-state index contributed by atoms with van der Waals surface area (Å²) in [5, 5.41) is 24.2. The molecule has 7 heteroatoms. The molecule has 1 atom stereocenters. The van der Waals surface area contributed by atoms with Crippen molar-refractivity contribution in [3.8, 4) is 0 Å². The van der Waals surface area contributed by atoms with Crippen molar-refractivity contribution in [2.75, 3.05) is 11.9 Å². The molecule has 1 fully saturated rings. The molecule has 2 rings (SSSR count). The van der Waals surface area contributed by atoms with Crippen LogP contribution < -0.4 is 10.6 Å². The number of hydrogen-bond acceptors (Lipinski definition) is 5. The minimum absolute atomic E-state index is 0.0305. The fourth-order valence-electron chi connectivity index (χ4n) is 2.63. The maximum atomic E-state index is 11.8. The largest absolute Gasteiger partial charge is 0.396 e. The standard InChI is InChI=1S/C14H24N4O2S/c1-10(6-5-9-19)15-13(20)16-14-18-17-12(21-14)11-7-3-2-4-8-11/h10-11,19H,2-9H2,1H3,(H2,15,16,18,20)/t10-/m0/s1. The average Bonchev–Trinajstić information content (AvgIpc) is 2.94. The van der Waals surface area contributed by atoms with E-state index in [2.05, 4.69) is 20.8 Å². The Hall–Kier alpha value is -1.21. The predicted molar refractivity (Wildman–Crippen MR) is 83.7 cm³/mol. The molecule has 2 amide bonds. The van der Waals surface area contributed by atoms with Crippen molar-refractivity contribution in [3.63, 3.8) is 0 Å². The molecule has 0 aromatic carbocycles. The molecule has 0 radical (unpaired) electrons. The second-order valence-corrected chi connectivity index (χ2v) is 6.65. The Bertz CT molecular complexity index is 446. The predicted octanol–water partition coefficient (Wildman–Crippen LogP) is 2.87. The van der Waals surface area contributed by atoms with E-state index in [1.54, 1.807) is 0 Å². The molecular weight excluding hydrogens is 288 g/mol. The summed E-state index contributed by atoms with van der Waals surface area (Å²) in [7, 11) is 0. The van der Waals surface area contributed by atoms with Crippen LogP contribution in [0.3, 0.4) is 0 Å². The maximum absolute atomic E-state index is 11.8. The van der Waals surface area contributed by atoms with Crippen LogP contribution in [0.5, 0.6) is 0 Å². The van der Waals surface area contributed by atoms with Gasteiger partial charge < -0.3 is 10.4 Å². The SMILES string of the molecule is C[C@@H](CCCO)NC(=O)Nc1nnc(C2CCCCC2)s1. The number of carbonyl (C=O) groups is 1. The highest BCUT2D eigenvalue weighted by atomic mass is 32.1. The van der Waals surface area contributed by atoms with Gasteiger partial charge >= 0.3 is 6.03 Å². The first-order valence-electron chi connectivity index (χ1n) is 7.71. The van der Waals surface area contributed by atoms with Crippen molar-refractivity contribution >= 4 is 22.5 Å². The molecule has 6 nitrogen and oxygen atoms in total. The van der Waals surface area contributed by atoms with Crippen molar-refractivity contribution in [3.05, 3.63) is 5.01 Å². The second kappa shape index (κ2) is 8.29. The lowest BCUT2D eigenvalue weighted by atomic mass is 9.90. The molecule has 1 heterocycles. The van der Waals surface area contributed by atoms with Gasteiger partial charge in [-0.2, -0.15) is 0 Å². The topological polar surface area (TPSA) is 87.1 Å². The molecule has 1 aliphatic carbocycles. The summed E-state index contributed by atoms with van der Waals surface area (Å²) in [4.78, 5) is 11.8. The van der Waals surface area contributed by atoms with Gasteiger partial charge in [0, 0.05) is 18.6 Å². The van der Waals surface area contributed by atoms with E-state index in [1.165, 1.54) is 43.4 Å². The summed E-state index contributed by atoms with van der Waals surface area (Å²) < 4.78 is 0. The lowest BCUT2D eigenvalue weighted by molar-refractivity contribution is 0.245. The van der Waals surface area contributed by atoms with Crippen LogP contribution in [0.2, 0.25) is 0 Å². The number of hydrogen-bond donors (Lipinski definition) is 3. The van der Waals surface area contributed by atoms with Gasteiger partial charge in [0.15, 0.2) is 0 Å². The fraction of sp³-hybridized carbons (Fsp3) is 0.786. The molecule has 21 heavy (non-hydrogen) atoms. The van der Waals surface area contributed by atoms with E-state index in [9.17, 15) is 4.79 Å². The van der Waals surface area contributed by atoms with E-state index in [1.807, 2.05) is 6.92 Å². The van der Waals surface area contributed by atoms with Gasteiger partial charge in [0.1, 0.15) is 5.01 Å².